The quantitative estimate of drug-likeness (QED) is 0.768. The molecule has 1 fully saturated rings. The van der Waals surface area contributed by atoms with Crippen molar-refractivity contribution >= 4 is 40.5 Å². The van der Waals surface area contributed by atoms with Crippen molar-refractivity contribution in [2.45, 2.75) is 40.2 Å². The fraction of sp³-hybridized carbons (Fsp3) is 0.579. The van der Waals surface area contributed by atoms with Crippen LogP contribution in [-0.4, -0.2) is 59.1 Å². The Bertz CT molecular complexity index is 656. The summed E-state index contributed by atoms with van der Waals surface area (Å²) in [7, 11) is 0. The smallest absolute Gasteiger partial charge is 0.234 e. The number of carbonyl (C=O) groups is 1. The third-order valence-corrected chi connectivity index (χ3v) is 4.86. The second kappa shape index (κ2) is 8.55. The standard InChI is InChI=1S/C19H29ClN4OS/c1-13-10-14(2)17(15(20)11-13)21-18(26)24-8-6-23(7-9-24)12-16(25)22-19(3,4)5/h10-11H,6-9,12H2,1-5H3,(H,21,26)(H,22,25). The van der Waals surface area contributed by atoms with Crippen LogP contribution < -0.4 is 10.6 Å². The molecule has 1 saturated heterocycles. The largest absolute Gasteiger partial charge is 0.350 e. The van der Waals surface area contributed by atoms with Gasteiger partial charge in [0.15, 0.2) is 5.11 Å². The van der Waals surface area contributed by atoms with Gasteiger partial charge in [0, 0.05) is 31.7 Å². The van der Waals surface area contributed by atoms with Crippen LogP contribution in [0.3, 0.4) is 0 Å². The van der Waals surface area contributed by atoms with Gasteiger partial charge < -0.3 is 15.5 Å². The Kier molecular flexibility index (Phi) is 6.88. The van der Waals surface area contributed by atoms with E-state index in [4.69, 9.17) is 23.8 Å². The van der Waals surface area contributed by atoms with Crippen LogP contribution in [0, 0.1) is 13.8 Å². The van der Waals surface area contributed by atoms with Gasteiger partial charge in [0.05, 0.1) is 17.3 Å². The minimum Gasteiger partial charge on any atom is -0.350 e. The molecule has 0 saturated carbocycles. The Hall–Kier alpha value is -1.37. The molecule has 1 aliphatic heterocycles. The highest BCUT2D eigenvalue weighted by Gasteiger charge is 2.22. The minimum absolute atomic E-state index is 0.0636. The Morgan fingerprint density at radius 1 is 1.19 bits per heavy atom. The number of halogens is 1. The number of nitrogens with one attached hydrogen (secondary N) is 2. The molecule has 0 unspecified atom stereocenters. The molecule has 0 atom stereocenters. The predicted molar refractivity (Wildman–Crippen MR) is 113 cm³/mol. The van der Waals surface area contributed by atoms with Crippen LogP contribution in [-0.2, 0) is 4.79 Å². The summed E-state index contributed by atoms with van der Waals surface area (Å²) in [6, 6.07) is 4.02. The van der Waals surface area contributed by atoms with E-state index in [1.54, 1.807) is 0 Å². The zero-order chi connectivity index (χ0) is 19.5. The van der Waals surface area contributed by atoms with E-state index in [0.717, 1.165) is 43.0 Å². The molecule has 144 valence electrons. The average molecular weight is 397 g/mol. The lowest BCUT2D eigenvalue weighted by molar-refractivity contribution is -0.123. The third kappa shape index (κ3) is 6.11. The fourth-order valence-electron chi connectivity index (χ4n) is 3.03. The number of amides is 1. The lowest BCUT2D eigenvalue weighted by Crippen LogP contribution is -2.53. The lowest BCUT2D eigenvalue weighted by atomic mass is 10.1. The van der Waals surface area contributed by atoms with Gasteiger partial charge in [-0.3, -0.25) is 9.69 Å². The van der Waals surface area contributed by atoms with Crippen molar-refractivity contribution < 1.29 is 4.79 Å². The number of anilines is 1. The highest BCUT2D eigenvalue weighted by Crippen LogP contribution is 2.27. The average Bonchev–Trinajstić information content (AvgIpc) is 2.49. The van der Waals surface area contributed by atoms with Gasteiger partial charge in [-0.2, -0.15) is 0 Å². The topological polar surface area (TPSA) is 47.6 Å². The molecule has 1 amide bonds. The molecule has 0 bridgehead atoms. The first-order valence-corrected chi connectivity index (χ1v) is 9.70. The molecular formula is C19H29ClN4OS. The van der Waals surface area contributed by atoms with Crippen LogP contribution in [0.5, 0.6) is 0 Å². The number of piperazine rings is 1. The van der Waals surface area contributed by atoms with E-state index in [1.807, 2.05) is 40.7 Å². The number of hydrogen-bond acceptors (Lipinski definition) is 3. The van der Waals surface area contributed by atoms with Crippen LogP contribution >= 0.6 is 23.8 Å². The summed E-state index contributed by atoms with van der Waals surface area (Å²) < 4.78 is 0. The number of rotatable bonds is 3. The lowest BCUT2D eigenvalue weighted by Gasteiger charge is -2.36. The second-order valence-electron chi connectivity index (χ2n) is 7.93. The first-order valence-electron chi connectivity index (χ1n) is 8.91. The van der Waals surface area contributed by atoms with Crippen molar-refractivity contribution in [2.24, 2.45) is 0 Å². The van der Waals surface area contributed by atoms with E-state index in [-0.39, 0.29) is 11.4 Å². The molecule has 2 rings (SSSR count). The summed E-state index contributed by atoms with van der Waals surface area (Å²) in [4.78, 5) is 16.4. The zero-order valence-electron chi connectivity index (χ0n) is 16.3. The number of aryl methyl sites for hydroxylation is 2. The highest BCUT2D eigenvalue weighted by atomic mass is 35.5. The van der Waals surface area contributed by atoms with E-state index in [9.17, 15) is 4.79 Å². The molecule has 0 aromatic heterocycles. The van der Waals surface area contributed by atoms with Gasteiger partial charge in [-0.25, -0.2) is 0 Å². The van der Waals surface area contributed by atoms with Gasteiger partial charge in [0.1, 0.15) is 0 Å². The Morgan fingerprint density at radius 3 is 2.35 bits per heavy atom. The van der Waals surface area contributed by atoms with Crippen LogP contribution in [0.25, 0.3) is 0 Å². The van der Waals surface area contributed by atoms with Crippen LogP contribution in [0.15, 0.2) is 12.1 Å². The van der Waals surface area contributed by atoms with Gasteiger partial charge in [-0.05, 0) is 64.0 Å². The molecule has 0 spiro atoms. The maximum atomic E-state index is 12.1. The van der Waals surface area contributed by atoms with Crippen molar-refractivity contribution in [3.05, 3.63) is 28.3 Å². The van der Waals surface area contributed by atoms with E-state index in [1.165, 1.54) is 0 Å². The van der Waals surface area contributed by atoms with Gasteiger partial charge in [0.25, 0.3) is 0 Å². The first-order chi connectivity index (χ1) is 12.0. The molecule has 5 nitrogen and oxygen atoms in total. The Labute approximate surface area is 167 Å². The number of hydrogen-bond donors (Lipinski definition) is 2. The summed E-state index contributed by atoms with van der Waals surface area (Å²) in [6.07, 6.45) is 0. The maximum Gasteiger partial charge on any atom is 0.234 e. The second-order valence-corrected chi connectivity index (χ2v) is 8.72. The van der Waals surface area contributed by atoms with E-state index in [0.29, 0.717) is 16.7 Å². The van der Waals surface area contributed by atoms with Crippen molar-refractivity contribution in [3.8, 4) is 0 Å². The molecule has 1 heterocycles. The number of nitrogens with zero attached hydrogens (tertiary/aromatic N) is 2. The third-order valence-electron chi connectivity index (χ3n) is 4.20. The fourth-order valence-corrected chi connectivity index (χ4v) is 3.68. The first kappa shape index (κ1) is 20.9. The summed E-state index contributed by atoms with van der Waals surface area (Å²) in [5.74, 6) is 0.0636. The summed E-state index contributed by atoms with van der Waals surface area (Å²) in [5, 5.41) is 7.65. The molecule has 1 aromatic carbocycles. The number of carbonyl (C=O) groups excluding carboxylic acids is 1. The Morgan fingerprint density at radius 2 is 1.81 bits per heavy atom. The molecule has 26 heavy (non-hydrogen) atoms. The van der Waals surface area contributed by atoms with Crippen molar-refractivity contribution in [3.63, 3.8) is 0 Å². The van der Waals surface area contributed by atoms with Crippen LogP contribution in [0.1, 0.15) is 31.9 Å². The Balaban J connectivity index is 1.86. The molecule has 2 N–H and O–H groups in total. The SMILES string of the molecule is Cc1cc(C)c(NC(=S)N2CCN(CC(=O)NC(C)(C)C)CC2)c(Cl)c1. The summed E-state index contributed by atoms with van der Waals surface area (Å²) in [6.45, 7) is 13.6. The molecule has 0 aliphatic carbocycles. The predicted octanol–water partition coefficient (Wildman–Crippen LogP) is 3.19. The molecule has 1 aliphatic rings. The molecule has 7 heteroatoms. The van der Waals surface area contributed by atoms with Crippen molar-refractivity contribution in [1.29, 1.82) is 0 Å². The van der Waals surface area contributed by atoms with Gasteiger partial charge in [0.2, 0.25) is 5.91 Å². The van der Waals surface area contributed by atoms with E-state index < -0.39 is 0 Å². The molecular weight excluding hydrogens is 368 g/mol. The maximum absolute atomic E-state index is 12.1. The monoisotopic (exact) mass is 396 g/mol. The number of thiocarbonyl (C=S) groups is 1. The van der Waals surface area contributed by atoms with E-state index >= 15 is 0 Å². The van der Waals surface area contributed by atoms with Gasteiger partial charge >= 0.3 is 0 Å². The molecule has 1 aromatic rings. The highest BCUT2D eigenvalue weighted by molar-refractivity contribution is 7.80. The van der Waals surface area contributed by atoms with Crippen molar-refractivity contribution in [2.75, 3.05) is 38.0 Å². The minimum atomic E-state index is -0.199. The summed E-state index contributed by atoms with van der Waals surface area (Å²) in [5.41, 5.74) is 2.88. The van der Waals surface area contributed by atoms with Crippen molar-refractivity contribution in [1.82, 2.24) is 15.1 Å². The van der Waals surface area contributed by atoms with Crippen LogP contribution in [0.4, 0.5) is 5.69 Å². The normalized spacial score (nSPS) is 15.7. The zero-order valence-corrected chi connectivity index (χ0v) is 17.9. The molecule has 0 radical (unpaired) electrons. The summed E-state index contributed by atoms with van der Waals surface area (Å²) >= 11 is 11.9. The van der Waals surface area contributed by atoms with Gasteiger partial charge in [-0.1, -0.05) is 17.7 Å². The van der Waals surface area contributed by atoms with Gasteiger partial charge in [-0.15, -0.1) is 0 Å². The van der Waals surface area contributed by atoms with Crippen LogP contribution in [0.2, 0.25) is 5.02 Å². The van der Waals surface area contributed by atoms with E-state index in [2.05, 4.69) is 26.5 Å². The number of benzene rings is 1.